The Balaban J connectivity index is 2.13. The summed E-state index contributed by atoms with van der Waals surface area (Å²) in [5.41, 5.74) is 0. The van der Waals surface area contributed by atoms with E-state index in [1.807, 2.05) is 18.7 Å². The van der Waals surface area contributed by atoms with Crippen LogP contribution in [0.25, 0.3) is 0 Å². The molecule has 0 aromatic rings. The van der Waals surface area contributed by atoms with E-state index in [9.17, 15) is 9.59 Å². The van der Waals surface area contributed by atoms with Crippen molar-refractivity contribution in [2.75, 3.05) is 0 Å². The Bertz CT molecular complexity index is 335. The summed E-state index contributed by atoms with van der Waals surface area (Å²) in [6, 6.07) is -0.323. The largest absolute Gasteiger partial charge is 0.343 e. The molecule has 0 aromatic heterocycles. The molecular formula is C15H26N2O2. The zero-order valence-corrected chi connectivity index (χ0v) is 12.2. The van der Waals surface area contributed by atoms with Gasteiger partial charge in [0.2, 0.25) is 11.8 Å². The zero-order chi connectivity index (χ0) is 13.8. The third-order valence-electron chi connectivity index (χ3n) is 4.46. The van der Waals surface area contributed by atoms with Crippen LogP contribution >= 0.6 is 0 Å². The van der Waals surface area contributed by atoms with Gasteiger partial charge in [-0.05, 0) is 26.2 Å². The lowest BCUT2D eigenvalue weighted by Gasteiger charge is -2.42. The summed E-state index contributed by atoms with van der Waals surface area (Å²) in [5, 5.41) is 2.87. The number of hydrogen-bond acceptors (Lipinski definition) is 2. The standard InChI is InChI=1S/C15H26N2O2/c1-3-8-13-15(19)17(11(2)14(18)16-13)12-9-6-4-5-7-10-12/h11-13H,3-10H2,1-2H3,(H,16,18). The first-order chi connectivity index (χ1) is 9.15. The molecule has 0 radical (unpaired) electrons. The smallest absolute Gasteiger partial charge is 0.246 e. The first-order valence-corrected chi connectivity index (χ1v) is 7.77. The van der Waals surface area contributed by atoms with Gasteiger partial charge >= 0.3 is 0 Å². The van der Waals surface area contributed by atoms with Gasteiger partial charge < -0.3 is 10.2 Å². The Kier molecular flexibility index (Phi) is 4.83. The fourth-order valence-corrected chi connectivity index (χ4v) is 3.37. The highest BCUT2D eigenvalue weighted by molar-refractivity contribution is 5.96. The highest BCUT2D eigenvalue weighted by atomic mass is 16.2. The van der Waals surface area contributed by atoms with Crippen molar-refractivity contribution in [1.29, 1.82) is 0 Å². The van der Waals surface area contributed by atoms with Crippen molar-refractivity contribution < 1.29 is 9.59 Å². The summed E-state index contributed by atoms with van der Waals surface area (Å²) in [6.07, 6.45) is 8.67. The first-order valence-electron chi connectivity index (χ1n) is 7.77. The normalized spacial score (nSPS) is 30.1. The molecule has 4 nitrogen and oxygen atoms in total. The number of amides is 2. The van der Waals surface area contributed by atoms with Crippen LogP contribution in [0.2, 0.25) is 0 Å². The highest BCUT2D eigenvalue weighted by Crippen LogP contribution is 2.26. The molecule has 0 bridgehead atoms. The van der Waals surface area contributed by atoms with Crippen molar-refractivity contribution in [3.05, 3.63) is 0 Å². The molecule has 19 heavy (non-hydrogen) atoms. The first kappa shape index (κ1) is 14.4. The van der Waals surface area contributed by atoms with Crippen molar-refractivity contribution in [1.82, 2.24) is 10.2 Å². The van der Waals surface area contributed by atoms with Gasteiger partial charge in [0, 0.05) is 6.04 Å². The van der Waals surface area contributed by atoms with Gasteiger partial charge in [0.1, 0.15) is 12.1 Å². The Labute approximate surface area is 115 Å². The van der Waals surface area contributed by atoms with Crippen LogP contribution in [0.4, 0.5) is 0 Å². The van der Waals surface area contributed by atoms with Crippen LogP contribution in [-0.4, -0.2) is 34.8 Å². The third kappa shape index (κ3) is 3.10. The lowest BCUT2D eigenvalue weighted by atomic mass is 9.98. The van der Waals surface area contributed by atoms with Crippen molar-refractivity contribution in [3.63, 3.8) is 0 Å². The SMILES string of the molecule is CCCC1NC(=O)C(C)N(C2CCCCCC2)C1=O. The summed E-state index contributed by atoms with van der Waals surface area (Å²) in [6.45, 7) is 3.91. The van der Waals surface area contributed by atoms with Crippen LogP contribution in [-0.2, 0) is 9.59 Å². The number of piperazine rings is 1. The van der Waals surface area contributed by atoms with Crippen LogP contribution in [0, 0.1) is 0 Å². The number of nitrogens with one attached hydrogen (secondary N) is 1. The van der Waals surface area contributed by atoms with Gasteiger partial charge in [-0.3, -0.25) is 9.59 Å². The van der Waals surface area contributed by atoms with Crippen molar-refractivity contribution in [2.24, 2.45) is 0 Å². The van der Waals surface area contributed by atoms with Gasteiger partial charge in [-0.2, -0.15) is 0 Å². The van der Waals surface area contributed by atoms with Gasteiger partial charge in [-0.1, -0.05) is 39.0 Å². The topological polar surface area (TPSA) is 49.4 Å². The van der Waals surface area contributed by atoms with Crippen LogP contribution < -0.4 is 5.32 Å². The van der Waals surface area contributed by atoms with Gasteiger partial charge in [0.05, 0.1) is 0 Å². The highest BCUT2D eigenvalue weighted by Gasteiger charge is 2.40. The molecule has 1 N–H and O–H groups in total. The Morgan fingerprint density at radius 1 is 1.16 bits per heavy atom. The summed E-state index contributed by atoms with van der Waals surface area (Å²) in [4.78, 5) is 26.5. The maximum absolute atomic E-state index is 12.6. The van der Waals surface area contributed by atoms with E-state index < -0.39 is 0 Å². The average molecular weight is 266 g/mol. The van der Waals surface area contributed by atoms with Crippen LogP contribution in [0.1, 0.15) is 65.2 Å². The molecule has 1 aliphatic heterocycles. The fourth-order valence-electron chi connectivity index (χ4n) is 3.37. The van der Waals surface area contributed by atoms with Gasteiger partial charge in [0.25, 0.3) is 0 Å². The minimum atomic E-state index is -0.302. The number of nitrogens with zero attached hydrogens (tertiary/aromatic N) is 1. The van der Waals surface area contributed by atoms with E-state index in [0.29, 0.717) is 0 Å². The maximum atomic E-state index is 12.6. The quantitative estimate of drug-likeness (QED) is 0.796. The zero-order valence-electron chi connectivity index (χ0n) is 12.2. The molecule has 0 aromatic carbocycles. The van der Waals surface area contributed by atoms with E-state index in [-0.39, 0.29) is 29.9 Å². The van der Waals surface area contributed by atoms with Crippen LogP contribution in [0.3, 0.4) is 0 Å². The van der Waals surface area contributed by atoms with Crippen molar-refractivity contribution >= 4 is 11.8 Å². The van der Waals surface area contributed by atoms with E-state index in [2.05, 4.69) is 5.32 Å². The molecule has 2 amide bonds. The number of rotatable bonds is 3. The second kappa shape index (κ2) is 6.40. The predicted molar refractivity (Wildman–Crippen MR) is 74.6 cm³/mol. The minimum Gasteiger partial charge on any atom is -0.343 e. The Hall–Kier alpha value is -1.06. The molecular weight excluding hydrogens is 240 g/mol. The predicted octanol–water partition coefficient (Wildman–Crippen LogP) is 2.22. The lowest BCUT2D eigenvalue weighted by Crippen LogP contribution is -2.64. The molecule has 108 valence electrons. The number of hydrogen-bond donors (Lipinski definition) is 1. The van der Waals surface area contributed by atoms with Crippen molar-refractivity contribution in [2.45, 2.75) is 83.3 Å². The molecule has 4 heteroatoms. The van der Waals surface area contributed by atoms with Crippen molar-refractivity contribution in [3.8, 4) is 0 Å². The maximum Gasteiger partial charge on any atom is 0.246 e. The van der Waals surface area contributed by atoms with E-state index in [4.69, 9.17) is 0 Å². The summed E-state index contributed by atoms with van der Waals surface area (Å²) in [7, 11) is 0. The average Bonchev–Trinajstić information content (AvgIpc) is 2.66. The molecule has 2 unspecified atom stereocenters. The second-order valence-electron chi connectivity index (χ2n) is 5.92. The molecule has 2 aliphatic rings. The van der Waals surface area contributed by atoms with E-state index in [1.54, 1.807) is 0 Å². The van der Waals surface area contributed by atoms with Gasteiger partial charge in [-0.25, -0.2) is 0 Å². The molecule has 1 heterocycles. The fraction of sp³-hybridized carbons (Fsp3) is 0.867. The molecule has 2 rings (SSSR count). The second-order valence-corrected chi connectivity index (χ2v) is 5.92. The van der Waals surface area contributed by atoms with E-state index in [1.165, 1.54) is 25.7 Å². The van der Waals surface area contributed by atoms with Gasteiger partial charge in [0.15, 0.2) is 0 Å². The lowest BCUT2D eigenvalue weighted by molar-refractivity contribution is -0.152. The van der Waals surface area contributed by atoms with E-state index in [0.717, 1.165) is 25.7 Å². The summed E-state index contributed by atoms with van der Waals surface area (Å²) < 4.78 is 0. The Morgan fingerprint density at radius 2 is 1.79 bits per heavy atom. The molecule has 1 saturated heterocycles. The van der Waals surface area contributed by atoms with Crippen LogP contribution in [0.15, 0.2) is 0 Å². The summed E-state index contributed by atoms with van der Waals surface area (Å²) >= 11 is 0. The summed E-state index contributed by atoms with van der Waals surface area (Å²) in [5.74, 6) is 0.156. The third-order valence-corrected chi connectivity index (χ3v) is 4.46. The van der Waals surface area contributed by atoms with Gasteiger partial charge in [-0.15, -0.1) is 0 Å². The molecule has 1 aliphatic carbocycles. The monoisotopic (exact) mass is 266 g/mol. The number of carbonyl (C=O) groups is 2. The minimum absolute atomic E-state index is 0.0160. The molecule has 2 fully saturated rings. The Morgan fingerprint density at radius 3 is 2.37 bits per heavy atom. The molecule has 0 spiro atoms. The van der Waals surface area contributed by atoms with E-state index >= 15 is 0 Å². The van der Waals surface area contributed by atoms with Crippen LogP contribution in [0.5, 0.6) is 0 Å². The molecule has 2 atom stereocenters. The number of carbonyl (C=O) groups excluding carboxylic acids is 2. The molecule has 1 saturated carbocycles.